The highest BCUT2D eigenvalue weighted by molar-refractivity contribution is 8.14. The molecule has 0 bridgehead atoms. The fraction of sp³-hybridized carbons (Fsp3) is 0.167. The molecule has 0 aliphatic carbocycles. The molecule has 2 N–H and O–H groups in total. The SMILES string of the molecule is O=C(O)[C@H]1CSC(/C=C/c2cccc(O)c2)=N1. The van der Waals surface area contributed by atoms with E-state index in [1.165, 1.54) is 11.8 Å². The molecule has 0 fully saturated rings. The number of aromatic hydroxyl groups is 1. The molecule has 0 aromatic heterocycles. The second kappa shape index (κ2) is 5.05. The monoisotopic (exact) mass is 249 g/mol. The minimum atomic E-state index is -0.891. The number of rotatable bonds is 3. The van der Waals surface area contributed by atoms with Gasteiger partial charge in [0, 0.05) is 5.75 Å². The minimum Gasteiger partial charge on any atom is -0.508 e. The molecule has 2 rings (SSSR count). The summed E-state index contributed by atoms with van der Waals surface area (Å²) in [6.07, 6.45) is 3.57. The van der Waals surface area contributed by atoms with E-state index in [4.69, 9.17) is 5.11 Å². The van der Waals surface area contributed by atoms with Crippen LogP contribution in [0.2, 0.25) is 0 Å². The molecule has 0 unspecified atom stereocenters. The van der Waals surface area contributed by atoms with Gasteiger partial charge < -0.3 is 10.2 Å². The molecule has 88 valence electrons. The van der Waals surface area contributed by atoms with Crippen LogP contribution in [0.4, 0.5) is 0 Å². The van der Waals surface area contributed by atoms with Gasteiger partial charge in [0.15, 0.2) is 6.04 Å². The molecule has 4 nitrogen and oxygen atoms in total. The van der Waals surface area contributed by atoms with Crippen molar-refractivity contribution >= 4 is 28.9 Å². The van der Waals surface area contributed by atoms with Gasteiger partial charge in [0.2, 0.25) is 0 Å². The van der Waals surface area contributed by atoms with Crippen molar-refractivity contribution in [1.29, 1.82) is 0 Å². The maximum Gasteiger partial charge on any atom is 0.329 e. The predicted molar refractivity (Wildman–Crippen MR) is 68.5 cm³/mol. The van der Waals surface area contributed by atoms with Gasteiger partial charge in [-0.1, -0.05) is 18.2 Å². The number of thioether (sulfide) groups is 1. The van der Waals surface area contributed by atoms with E-state index >= 15 is 0 Å². The van der Waals surface area contributed by atoms with E-state index in [1.54, 1.807) is 30.4 Å². The molecule has 1 aliphatic rings. The molecule has 17 heavy (non-hydrogen) atoms. The van der Waals surface area contributed by atoms with Crippen molar-refractivity contribution < 1.29 is 15.0 Å². The van der Waals surface area contributed by atoms with Crippen LogP contribution >= 0.6 is 11.8 Å². The summed E-state index contributed by atoms with van der Waals surface area (Å²) in [5.74, 6) is -0.204. The summed E-state index contributed by atoms with van der Waals surface area (Å²) in [4.78, 5) is 14.7. The quantitative estimate of drug-likeness (QED) is 0.859. The number of nitrogens with zero attached hydrogens (tertiary/aromatic N) is 1. The van der Waals surface area contributed by atoms with Crippen LogP contribution < -0.4 is 0 Å². The highest BCUT2D eigenvalue weighted by Crippen LogP contribution is 2.20. The zero-order chi connectivity index (χ0) is 12.3. The van der Waals surface area contributed by atoms with Gasteiger partial charge in [-0.05, 0) is 23.8 Å². The summed E-state index contributed by atoms with van der Waals surface area (Å²) in [5.41, 5.74) is 0.854. The third-order valence-corrected chi connectivity index (χ3v) is 3.27. The van der Waals surface area contributed by atoms with Crippen LogP contribution in [0.1, 0.15) is 5.56 Å². The minimum absolute atomic E-state index is 0.205. The van der Waals surface area contributed by atoms with E-state index in [-0.39, 0.29) is 5.75 Å². The smallest absolute Gasteiger partial charge is 0.329 e. The van der Waals surface area contributed by atoms with Crippen LogP contribution in [0.3, 0.4) is 0 Å². The molecular weight excluding hydrogens is 238 g/mol. The molecule has 1 aromatic carbocycles. The first-order valence-corrected chi connectivity index (χ1v) is 6.04. The Morgan fingerprint density at radius 2 is 2.29 bits per heavy atom. The molecule has 1 atom stereocenters. The summed E-state index contributed by atoms with van der Waals surface area (Å²) in [6, 6.07) is 6.19. The molecule has 5 heteroatoms. The van der Waals surface area contributed by atoms with Crippen molar-refractivity contribution in [3.05, 3.63) is 35.9 Å². The molecule has 0 saturated heterocycles. The number of carboxylic acids is 1. The predicted octanol–water partition coefficient (Wildman–Crippen LogP) is 2.00. The maximum absolute atomic E-state index is 10.7. The van der Waals surface area contributed by atoms with Crippen LogP contribution in [0, 0.1) is 0 Å². The van der Waals surface area contributed by atoms with Crippen molar-refractivity contribution in [3.63, 3.8) is 0 Å². The molecule has 0 radical (unpaired) electrons. The van der Waals surface area contributed by atoms with E-state index in [1.807, 2.05) is 6.07 Å². The lowest BCUT2D eigenvalue weighted by Gasteiger charge is -1.94. The number of benzene rings is 1. The average molecular weight is 249 g/mol. The van der Waals surface area contributed by atoms with Crippen LogP contribution in [0.25, 0.3) is 6.08 Å². The van der Waals surface area contributed by atoms with Crippen molar-refractivity contribution in [1.82, 2.24) is 0 Å². The Kier molecular flexibility index (Phi) is 3.49. The van der Waals surface area contributed by atoms with Crippen molar-refractivity contribution in [3.8, 4) is 5.75 Å². The van der Waals surface area contributed by atoms with Crippen molar-refractivity contribution in [2.24, 2.45) is 4.99 Å². The largest absolute Gasteiger partial charge is 0.508 e. The maximum atomic E-state index is 10.7. The molecule has 0 saturated carbocycles. The number of hydrogen-bond donors (Lipinski definition) is 2. The van der Waals surface area contributed by atoms with Gasteiger partial charge in [0.25, 0.3) is 0 Å². The van der Waals surface area contributed by atoms with E-state index < -0.39 is 12.0 Å². The topological polar surface area (TPSA) is 69.9 Å². The van der Waals surface area contributed by atoms with Crippen LogP contribution in [0.15, 0.2) is 35.3 Å². The lowest BCUT2D eigenvalue weighted by Crippen LogP contribution is -2.16. The Labute approximate surface area is 103 Å². The van der Waals surface area contributed by atoms with Crippen LogP contribution in [-0.4, -0.2) is 33.0 Å². The van der Waals surface area contributed by atoms with Crippen molar-refractivity contribution in [2.45, 2.75) is 6.04 Å². The second-order valence-electron chi connectivity index (χ2n) is 3.56. The van der Waals surface area contributed by atoms with Gasteiger partial charge in [-0.3, -0.25) is 4.99 Å². The van der Waals surface area contributed by atoms with Crippen molar-refractivity contribution in [2.75, 3.05) is 5.75 Å². The molecular formula is C12H11NO3S. The van der Waals surface area contributed by atoms with E-state index in [0.717, 1.165) is 5.56 Å². The average Bonchev–Trinajstić information content (AvgIpc) is 2.75. The number of aliphatic carboxylic acids is 1. The molecule has 1 aliphatic heterocycles. The van der Waals surface area contributed by atoms with Crippen LogP contribution in [-0.2, 0) is 4.79 Å². The molecule has 0 amide bonds. The number of aliphatic imine (C=N–C) groups is 1. The zero-order valence-corrected chi connectivity index (χ0v) is 9.72. The summed E-state index contributed by atoms with van der Waals surface area (Å²) >= 11 is 1.42. The van der Waals surface area contributed by atoms with Gasteiger partial charge in [0.05, 0.1) is 5.04 Å². The Morgan fingerprint density at radius 3 is 2.94 bits per heavy atom. The van der Waals surface area contributed by atoms with Crippen LogP contribution in [0.5, 0.6) is 5.75 Å². The second-order valence-corrected chi connectivity index (χ2v) is 4.60. The van der Waals surface area contributed by atoms with Gasteiger partial charge in [0.1, 0.15) is 5.75 Å². The standard InChI is InChI=1S/C12H11NO3S/c14-9-3-1-2-8(6-9)4-5-11-13-10(7-17-11)12(15)16/h1-6,10,14H,7H2,(H,15,16)/b5-4+/t10-/m1/s1. The first-order chi connectivity index (χ1) is 8.15. The third kappa shape index (κ3) is 3.10. The lowest BCUT2D eigenvalue weighted by molar-refractivity contribution is -0.137. The summed E-state index contributed by atoms with van der Waals surface area (Å²) in [5, 5.41) is 18.8. The van der Waals surface area contributed by atoms with Gasteiger partial charge >= 0.3 is 5.97 Å². The van der Waals surface area contributed by atoms with Gasteiger partial charge in [-0.15, -0.1) is 11.8 Å². The van der Waals surface area contributed by atoms with Gasteiger partial charge in [-0.25, -0.2) is 4.79 Å². The molecule has 0 spiro atoms. The fourth-order valence-electron chi connectivity index (χ4n) is 1.41. The number of carboxylic acid groups (broad SMARTS) is 1. The van der Waals surface area contributed by atoms with E-state index in [0.29, 0.717) is 10.8 Å². The lowest BCUT2D eigenvalue weighted by atomic mass is 10.2. The Morgan fingerprint density at radius 1 is 1.47 bits per heavy atom. The number of phenols is 1. The third-order valence-electron chi connectivity index (χ3n) is 2.25. The Hall–Kier alpha value is -1.75. The molecule has 1 heterocycles. The highest BCUT2D eigenvalue weighted by atomic mass is 32.2. The number of hydrogen-bond acceptors (Lipinski definition) is 4. The van der Waals surface area contributed by atoms with Gasteiger partial charge in [-0.2, -0.15) is 0 Å². The fourth-order valence-corrected chi connectivity index (χ4v) is 2.32. The van der Waals surface area contributed by atoms with E-state index in [2.05, 4.69) is 4.99 Å². The normalized spacial score (nSPS) is 19.5. The number of phenolic OH excluding ortho intramolecular Hbond substituents is 1. The zero-order valence-electron chi connectivity index (χ0n) is 8.91. The Balaban J connectivity index is 2.07. The Bertz CT molecular complexity index is 496. The summed E-state index contributed by atoms with van der Waals surface area (Å²) in [6.45, 7) is 0. The first-order valence-electron chi connectivity index (χ1n) is 5.05. The highest BCUT2D eigenvalue weighted by Gasteiger charge is 2.22. The number of carbonyl (C=O) groups is 1. The molecule has 1 aromatic rings. The summed E-state index contributed by atoms with van der Waals surface area (Å²) < 4.78 is 0. The first kappa shape index (κ1) is 11.7. The van der Waals surface area contributed by atoms with E-state index in [9.17, 15) is 9.90 Å². The summed E-state index contributed by atoms with van der Waals surface area (Å²) in [7, 11) is 0.